The molecule has 0 saturated heterocycles. The number of thiophene rings is 1. The summed E-state index contributed by atoms with van der Waals surface area (Å²) in [6, 6.07) is 1.63. The Morgan fingerprint density at radius 2 is 2.00 bits per heavy atom. The standard InChI is InChI=1S/C13H23ClN2O2S2/c1-6-16(10(2)9-15(4)5)20(17,18)13-7-12(8-14)19-11(13)3/h7,10H,6,8-9H2,1-5H3. The molecule has 4 nitrogen and oxygen atoms in total. The van der Waals surface area contributed by atoms with Crippen molar-refractivity contribution in [3.05, 3.63) is 15.8 Å². The first kappa shape index (κ1) is 17.9. The summed E-state index contributed by atoms with van der Waals surface area (Å²) in [6.45, 7) is 6.79. The van der Waals surface area contributed by atoms with Gasteiger partial charge in [0.15, 0.2) is 0 Å². The topological polar surface area (TPSA) is 40.6 Å². The minimum Gasteiger partial charge on any atom is -0.308 e. The normalized spacial score (nSPS) is 14.2. The lowest BCUT2D eigenvalue weighted by atomic mass is 10.3. The van der Waals surface area contributed by atoms with E-state index in [-0.39, 0.29) is 6.04 Å². The summed E-state index contributed by atoms with van der Waals surface area (Å²) in [4.78, 5) is 4.08. The molecule has 0 aliphatic carbocycles. The second-order valence-corrected chi connectivity index (χ2v) is 8.55. The van der Waals surface area contributed by atoms with E-state index in [9.17, 15) is 8.42 Å². The van der Waals surface area contributed by atoms with Gasteiger partial charge in [0.1, 0.15) is 0 Å². The number of rotatable bonds is 7. The zero-order valence-electron chi connectivity index (χ0n) is 12.7. The zero-order chi connectivity index (χ0) is 15.5. The first-order chi connectivity index (χ1) is 9.23. The van der Waals surface area contributed by atoms with Crippen LogP contribution in [0.5, 0.6) is 0 Å². The fraction of sp³-hybridized carbons (Fsp3) is 0.692. The molecule has 1 aromatic rings. The molecule has 1 atom stereocenters. The highest BCUT2D eigenvalue weighted by atomic mass is 35.5. The van der Waals surface area contributed by atoms with Crippen molar-refractivity contribution in [1.29, 1.82) is 0 Å². The maximum Gasteiger partial charge on any atom is 0.244 e. The molecule has 0 aliphatic heterocycles. The lowest BCUT2D eigenvalue weighted by Gasteiger charge is -2.29. The molecule has 116 valence electrons. The fourth-order valence-electron chi connectivity index (χ4n) is 2.31. The van der Waals surface area contributed by atoms with Crippen molar-refractivity contribution in [2.75, 3.05) is 27.2 Å². The highest BCUT2D eigenvalue weighted by Gasteiger charge is 2.30. The highest BCUT2D eigenvalue weighted by molar-refractivity contribution is 7.89. The van der Waals surface area contributed by atoms with Crippen molar-refractivity contribution in [2.24, 2.45) is 0 Å². The minimum atomic E-state index is -3.46. The van der Waals surface area contributed by atoms with Gasteiger partial charge in [-0.2, -0.15) is 4.31 Å². The second kappa shape index (κ2) is 7.22. The van der Waals surface area contributed by atoms with Gasteiger partial charge in [0.25, 0.3) is 0 Å². The van der Waals surface area contributed by atoms with E-state index in [0.29, 0.717) is 23.9 Å². The molecule has 0 bridgehead atoms. The Balaban J connectivity index is 3.14. The highest BCUT2D eigenvalue weighted by Crippen LogP contribution is 2.30. The molecule has 1 aromatic heterocycles. The third kappa shape index (κ3) is 3.95. The van der Waals surface area contributed by atoms with Gasteiger partial charge in [-0.25, -0.2) is 8.42 Å². The molecule has 0 aliphatic rings. The quantitative estimate of drug-likeness (QED) is 0.718. The summed E-state index contributed by atoms with van der Waals surface area (Å²) in [7, 11) is 0.428. The van der Waals surface area contributed by atoms with Gasteiger partial charge >= 0.3 is 0 Å². The molecular weight excluding hydrogens is 316 g/mol. The Labute approximate surface area is 131 Å². The summed E-state index contributed by atoms with van der Waals surface area (Å²) in [5.74, 6) is 0.348. The van der Waals surface area contributed by atoms with Crippen molar-refractivity contribution >= 4 is 33.0 Å². The van der Waals surface area contributed by atoms with Gasteiger partial charge in [0.2, 0.25) is 10.0 Å². The number of nitrogens with zero attached hydrogens (tertiary/aromatic N) is 2. The largest absolute Gasteiger partial charge is 0.308 e. The molecule has 0 fully saturated rings. The van der Waals surface area contributed by atoms with E-state index < -0.39 is 10.0 Å². The lowest BCUT2D eigenvalue weighted by molar-refractivity contribution is 0.271. The van der Waals surface area contributed by atoms with Crippen LogP contribution in [0.2, 0.25) is 0 Å². The van der Waals surface area contributed by atoms with Crippen molar-refractivity contribution in [3.8, 4) is 0 Å². The molecule has 0 aromatic carbocycles. The van der Waals surface area contributed by atoms with E-state index in [1.165, 1.54) is 11.3 Å². The van der Waals surface area contributed by atoms with Gasteiger partial charge in [0, 0.05) is 28.9 Å². The third-order valence-corrected chi connectivity index (χ3v) is 6.92. The van der Waals surface area contributed by atoms with E-state index in [2.05, 4.69) is 0 Å². The predicted octanol–water partition coefficient (Wildman–Crippen LogP) is 2.76. The van der Waals surface area contributed by atoms with Crippen LogP contribution in [0, 0.1) is 6.92 Å². The van der Waals surface area contributed by atoms with E-state index >= 15 is 0 Å². The van der Waals surface area contributed by atoms with Crippen LogP contribution in [0.4, 0.5) is 0 Å². The molecule has 0 amide bonds. The third-order valence-electron chi connectivity index (χ3n) is 3.07. The average Bonchev–Trinajstić information content (AvgIpc) is 2.70. The van der Waals surface area contributed by atoms with Crippen LogP contribution in [0.3, 0.4) is 0 Å². The summed E-state index contributed by atoms with van der Waals surface area (Å²) in [6.07, 6.45) is 0. The Bertz CT molecular complexity index is 541. The SMILES string of the molecule is CCN(C(C)CN(C)C)S(=O)(=O)c1cc(CCl)sc1C. The molecule has 0 saturated carbocycles. The van der Waals surface area contributed by atoms with Gasteiger partial charge in [-0.1, -0.05) is 6.92 Å². The van der Waals surface area contributed by atoms with Gasteiger partial charge in [-0.15, -0.1) is 22.9 Å². The van der Waals surface area contributed by atoms with Gasteiger partial charge in [-0.05, 0) is 34.0 Å². The van der Waals surface area contributed by atoms with E-state index in [4.69, 9.17) is 11.6 Å². The Morgan fingerprint density at radius 1 is 1.40 bits per heavy atom. The van der Waals surface area contributed by atoms with Gasteiger partial charge < -0.3 is 4.90 Å². The monoisotopic (exact) mass is 338 g/mol. The van der Waals surface area contributed by atoms with Crippen LogP contribution in [-0.4, -0.2) is 50.8 Å². The molecule has 1 unspecified atom stereocenters. The van der Waals surface area contributed by atoms with Gasteiger partial charge in [0.05, 0.1) is 10.8 Å². The predicted molar refractivity (Wildman–Crippen MR) is 86.2 cm³/mol. The molecule has 20 heavy (non-hydrogen) atoms. The van der Waals surface area contributed by atoms with E-state index in [1.54, 1.807) is 10.4 Å². The molecule has 1 rings (SSSR count). The molecule has 1 heterocycles. The molecule has 0 spiro atoms. The number of halogens is 1. The number of alkyl halides is 1. The number of likely N-dealkylation sites (N-methyl/N-ethyl adjacent to an activating group) is 2. The summed E-state index contributed by atoms with van der Waals surface area (Å²) >= 11 is 7.25. The number of hydrogen-bond donors (Lipinski definition) is 0. The summed E-state index contributed by atoms with van der Waals surface area (Å²) in [5.41, 5.74) is 0. The number of aryl methyl sites for hydroxylation is 1. The Hall–Kier alpha value is -0.140. The zero-order valence-corrected chi connectivity index (χ0v) is 15.1. The minimum absolute atomic E-state index is 0.0706. The van der Waals surface area contributed by atoms with Crippen LogP contribution >= 0.6 is 22.9 Å². The summed E-state index contributed by atoms with van der Waals surface area (Å²) in [5, 5.41) is 0. The van der Waals surface area contributed by atoms with Crippen LogP contribution < -0.4 is 0 Å². The summed E-state index contributed by atoms with van der Waals surface area (Å²) < 4.78 is 27.2. The van der Waals surface area contributed by atoms with Crippen LogP contribution in [0.25, 0.3) is 0 Å². The van der Waals surface area contributed by atoms with Crippen LogP contribution in [0.1, 0.15) is 23.6 Å². The maximum atomic E-state index is 12.8. The lowest BCUT2D eigenvalue weighted by Crippen LogP contribution is -2.43. The van der Waals surface area contributed by atoms with Gasteiger partial charge in [-0.3, -0.25) is 0 Å². The van der Waals surface area contributed by atoms with Crippen LogP contribution in [-0.2, 0) is 15.9 Å². The van der Waals surface area contributed by atoms with Crippen LogP contribution in [0.15, 0.2) is 11.0 Å². The number of sulfonamides is 1. The first-order valence-electron chi connectivity index (χ1n) is 6.55. The molecule has 0 N–H and O–H groups in total. The van der Waals surface area contributed by atoms with Crippen molar-refractivity contribution < 1.29 is 8.42 Å². The first-order valence-corrected chi connectivity index (χ1v) is 9.35. The Morgan fingerprint density at radius 3 is 2.40 bits per heavy atom. The number of hydrogen-bond acceptors (Lipinski definition) is 4. The second-order valence-electron chi connectivity index (χ2n) is 5.09. The molecule has 0 radical (unpaired) electrons. The Kier molecular flexibility index (Phi) is 6.47. The smallest absolute Gasteiger partial charge is 0.244 e. The van der Waals surface area contributed by atoms with Crippen molar-refractivity contribution in [1.82, 2.24) is 9.21 Å². The van der Waals surface area contributed by atoms with E-state index in [1.807, 2.05) is 39.8 Å². The molecular formula is C13H23ClN2O2S2. The fourth-order valence-corrected chi connectivity index (χ4v) is 5.64. The molecule has 7 heteroatoms. The van der Waals surface area contributed by atoms with Crippen molar-refractivity contribution in [3.63, 3.8) is 0 Å². The maximum absolute atomic E-state index is 12.8. The van der Waals surface area contributed by atoms with Crippen molar-refractivity contribution in [2.45, 2.75) is 37.6 Å². The van der Waals surface area contributed by atoms with E-state index in [0.717, 1.165) is 9.75 Å². The average molecular weight is 339 g/mol.